The number of hydrogen-bond donors (Lipinski definition) is 2. The van der Waals surface area contributed by atoms with Crippen LogP contribution in [0.15, 0.2) is 42.6 Å². The number of amides is 2. The molecule has 2 aromatic heterocycles. The number of hydrogen-bond acceptors (Lipinski definition) is 4. The monoisotopic (exact) mass is 284 g/mol. The van der Waals surface area contributed by atoms with Gasteiger partial charge in [-0.1, -0.05) is 29.5 Å². The summed E-state index contributed by atoms with van der Waals surface area (Å²) in [5.74, 6) is 0. The van der Waals surface area contributed by atoms with Crippen LogP contribution in [0.4, 0.5) is 15.6 Å². The summed E-state index contributed by atoms with van der Waals surface area (Å²) in [6.45, 7) is 1.94. The van der Waals surface area contributed by atoms with Gasteiger partial charge in [0.1, 0.15) is 10.3 Å². The molecule has 0 atom stereocenters. The summed E-state index contributed by atoms with van der Waals surface area (Å²) in [5.41, 5.74) is 2.57. The van der Waals surface area contributed by atoms with Crippen LogP contribution in [0.2, 0.25) is 0 Å². The molecule has 0 aliphatic rings. The van der Waals surface area contributed by atoms with Gasteiger partial charge in [-0.3, -0.25) is 5.32 Å². The van der Waals surface area contributed by atoms with E-state index in [2.05, 4.69) is 20.6 Å². The van der Waals surface area contributed by atoms with E-state index in [4.69, 9.17) is 0 Å². The summed E-state index contributed by atoms with van der Waals surface area (Å²) in [6.07, 6.45) is 1.71. The zero-order valence-corrected chi connectivity index (χ0v) is 11.6. The minimum Gasteiger partial charge on any atom is -0.307 e. The molecule has 100 valence electrons. The number of nitrogens with one attached hydrogen (secondary N) is 2. The average Bonchev–Trinajstić information content (AvgIpc) is 2.83. The lowest BCUT2D eigenvalue weighted by Crippen LogP contribution is -2.19. The first-order chi connectivity index (χ1) is 9.72. The fourth-order valence-electron chi connectivity index (χ4n) is 1.79. The van der Waals surface area contributed by atoms with Gasteiger partial charge in [-0.25, -0.2) is 14.8 Å². The van der Waals surface area contributed by atoms with E-state index in [1.165, 1.54) is 11.3 Å². The number of urea groups is 1. The van der Waals surface area contributed by atoms with Gasteiger partial charge in [0.2, 0.25) is 0 Å². The van der Waals surface area contributed by atoms with Crippen molar-refractivity contribution in [1.82, 2.24) is 9.97 Å². The van der Waals surface area contributed by atoms with E-state index in [1.54, 1.807) is 6.20 Å². The first kappa shape index (κ1) is 12.6. The van der Waals surface area contributed by atoms with E-state index in [9.17, 15) is 4.79 Å². The standard InChI is InChI=1S/C14H12N4OS/c1-9-5-2-3-6-10(9)16-13(19)18-14-17-11-7-4-8-15-12(11)20-14/h2-8H,1H3,(H2,16,17,18,19). The summed E-state index contributed by atoms with van der Waals surface area (Å²) in [6, 6.07) is 11.0. The summed E-state index contributed by atoms with van der Waals surface area (Å²) in [5, 5.41) is 6.06. The molecule has 1 aromatic carbocycles. The highest BCUT2D eigenvalue weighted by Crippen LogP contribution is 2.23. The molecular formula is C14H12N4OS. The Labute approximate surface area is 119 Å². The summed E-state index contributed by atoms with van der Waals surface area (Å²) in [7, 11) is 0. The Morgan fingerprint density at radius 1 is 1.15 bits per heavy atom. The van der Waals surface area contributed by atoms with Crippen molar-refractivity contribution in [3.05, 3.63) is 48.2 Å². The van der Waals surface area contributed by atoms with Crippen LogP contribution < -0.4 is 10.6 Å². The van der Waals surface area contributed by atoms with Gasteiger partial charge in [0.25, 0.3) is 0 Å². The summed E-state index contributed by atoms with van der Waals surface area (Å²) in [4.78, 5) is 21.2. The number of fused-ring (bicyclic) bond motifs is 1. The first-order valence-electron chi connectivity index (χ1n) is 6.07. The number of nitrogens with zero attached hydrogens (tertiary/aromatic N) is 2. The number of thiazole rings is 1. The van der Waals surface area contributed by atoms with Gasteiger partial charge >= 0.3 is 6.03 Å². The molecule has 0 aliphatic heterocycles. The average molecular weight is 284 g/mol. The Kier molecular flexibility index (Phi) is 3.30. The van der Waals surface area contributed by atoms with Crippen molar-refractivity contribution in [1.29, 1.82) is 0 Å². The first-order valence-corrected chi connectivity index (χ1v) is 6.89. The van der Waals surface area contributed by atoms with Crippen molar-refractivity contribution >= 4 is 38.5 Å². The molecule has 0 saturated carbocycles. The lowest BCUT2D eigenvalue weighted by Gasteiger charge is -2.07. The van der Waals surface area contributed by atoms with Gasteiger partial charge in [0.15, 0.2) is 5.13 Å². The molecule has 0 bridgehead atoms. The Balaban J connectivity index is 1.74. The maximum Gasteiger partial charge on any atom is 0.325 e. The fraction of sp³-hybridized carbons (Fsp3) is 0.0714. The number of carbonyl (C=O) groups is 1. The van der Waals surface area contributed by atoms with E-state index >= 15 is 0 Å². The highest BCUT2D eigenvalue weighted by atomic mass is 32.1. The fourth-order valence-corrected chi connectivity index (χ4v) is 2.59. The number of benzene rings is 1. The highest BCUT2D eigenvalue weighted by molar-refractivity contribution is 7.21. The molecule has 2 heterocycles. The molecule has 0 unspecified atom stereocenters. The molecule has 0 saturated heterocycles. The Hall–Kier alpha value is -2.47. The van der Waals surface area contributed by atoms with Gasteiger partial charge in [-0.2, -0.15) is 0 Å². The van der Waals surface area contributed by atoms with Crippen molar-refractivity contribution in [2.24, 2.45) is 0 Å². The topological polar surface area (TPSA) is 66.9 Å². The van der Waals surface area contributed by atoms with Crippen molar-refractivity contribution in [2.45, 2.75) is 6.92 Å². The minimum absolute atomic E-state index is 0.307. The number of anilines is 2. The van der Waals surface area contributed by atoms with Gasteiger partial charge in [-0.15, -0.1) is 0 Å². The van der Waals surface area contributed by atoms with Crippen LogP contribution in [0.3, 0.4) is 0 Å². The lowest BCUT2D eigenvalue weighted by molar-refractivity contribution is 0.262. The predicted molar refractivity (Wildman–Crippen MR) is 81.2 cm³/mol. The number of aromatic nitrogens is 2. The van der Waals surface area contributed by atoms with E-state index < -0.39 is 0 Å². The number of para-hydroxylation sites is 1. The molecule has 5 nitrogen and oxygen atoms in total. The molecule has 0 fully saturated rings. The van der Waals surface area contributed by atoms with Crippen LogP contribution in [-0.4, -0.2) is 16.0 Å². The normalized spacial score (nSPS) is 10.4. The quantitative estimate of drug-likeness (QED) is 0.755. The van der Waals surface area contributed by atoms with Crippen molar-refractivity contribution in [3.8, 4) is 0 Å². The van der Waals surface area contributed by atoms with E-state index in [-0.39, 0.29) is 6.03 Å². The predicted octanol–water partition coefficient (Wildman–Crippen LogP) is 3.64. The van der Waals surface area contributed by atoms with E-state index in [0.717, 1.165) is 21.6 Å². The molecular weight excluding hydrogens is 272 g/mol. The zero-order valence-electron chi connectivity index (χ0n) is 10.8. The maximum absolute atomic E-state index is 11.9. The second-order valence-electron chi connectivity index (χ2n) is 4.24. The van der Waals surface area contributed by atoms with Crippen molar-refractivity contribution in [3.63, 3.8) is 0 Å². The second kappa shape index (κ2) is 5.26. The molecule has 2 amide bonds. The molecule has 2 N–H and O–H groups in total. The molecule has 20 heavy (non-hydrogen) atoms. The highest BCUT2D eigenvalue weighted by Gasteiger charge is 2.08. The third-order valence-corrected chi connectivity index (χ3v) is 3.67. The Bertz CT molecular complexity index is 735. The van der Waals surface area contributed by atoms with Crippen LogP contribution in [0, 0.1) is 6.92 Å². The van der Waals surface area contributed by atoms with Gasteiger partial charge < -0.3 is 5.32 Å². The molecule has 0 radical (unpaired) electrons. The number of carbonyl (C=O) groups excluding carboxylic acids is 1. The van der Waals surface area contributed by atoms with Crippen LogP contribution in [0.25, 0.3) is 10.3 Å². The van der Waals surface area contributed by atoms with E-state index in [1.807, 2.05) is 43.3 Å². The van der Waals surface area contributed by atoms with Crippen LogP contribution in [0.1, 0.15) is 5.56 Å². The maximum atomic E-state index is 11.9. The molecule has 3 aromatic rings. The molecule has 6 heteroatoms. The van der Waals surface area contributed by atoms with Gasteiger partial charge in [0.05, 0.1) is 0 Å². The Morgan fingerprint density at radius 3 is 2.80 bits per heavy atom. The van der Waals surface area contributed by atoms with Crippen molar-refractivity contribution < 1.29 is 4.79 Å². The third kappa shape index (κ3) is 2.60. The van der Waals surface area contributed by atoms with Gasteiger partial charge in [0, 0.05) is 11.9 Å². The zero-order chi connectivity index (χ0) is 13.9. The molecule has 3 rings (SSSR count). The minimum atomic E-state index is -0.307. The number of aryl methyl sites for hydroxylation is 1. The molecule has 0 aliphatic carbocycles. The van der Waals surface area contributed by atoms with Gasteiger partial charge in [-0.05, 0) is 30.7 Å². The van der Waals surface area contributed by atoms with E-state index in [0.29, 0.717) is 5.13 Å². The Morgan fingerprint density at radius 2 is 2.00 bits per heavy atom. The summed E-state index contributed by atoms with van der Waals surface area (Å²) >= 11 is 1.35. The lowest BCUT2D eigenvalue weighted by atomic mass is 10.2. The van der Waals surface area contributed by atoms with Crippen LogP contribution >= 0.6 is 11.3 Å². The summed E-state index contributed by atoms with van der Waals surface area (Å²) < 4.78 is 0. The smallest absolute Gasteiger partial charge is 0.307 e. The van der Waals surface area contributed by atoms with Crippen molar-refractivity contribution in [2.75, 3.05) is 10.6 Å². The van der Waals surface area contributed by atoms with Crippen LogP contribution in [-0.2, 0) is 0 Å². The number of rotatable bonds is 2. The molecule has 0 spiro atoms. The van der Waals surface area contributed by atoms with Crippen LogP contribution in [0.5, 0.6) is 0 Å². The second-order valence-corrected chi connectivity index (χ2v) is 5.22. The third-order valence-electron chi connectivity index (χ3n) is 2.78. The SMILES string of the molecule is Cc1ccccc1NC(=O)Nc1nc2cccnc2s1. The number of pyridine rings is 1. The largest absolute Gasteiger partial charge is 0.325 e.